The Balaban J connectivity index is 1.84. The molecule has 0 aromatic heterocycles. The number of hydrogen-bond donors (Lipinski definition) is 1. The van der Waals surface area contributed by atoms with Gasteiger partial charge in [-0.25, -0.2) is 0 Å². The third-order valence-corrected chi connectivity index (χ3v) is 4.25. The second kappa shape index (κ2) is 7.12. The Labute approximate surface area is 123 Å². The van der Waals surface area contributed by atoms with E-state index in [4.69, 9.17) is 4.74 Å². The maximum absolute atomic E-state index is 6.03. The highest BCUT2D eigenvalue weighted by atomic mass is 16.5. The van der Waals surface area contributed by atoms with Crippen LogP contribution < -0.4 is 10.1 Å². The molecule has 1 aliphatic rings. The molecule has 0 saturated heterocycles. The number of ether oxygens (including phenoxy) is 1. The zero-order valence-electron chi connectivity index (χ0n) is 13.4. The van der Waals surface area contributed by atoms with Crippen LogP contribution in [0.3, 0.4) is 0 Å². The molecule has 0 heterocycles. The van der Waals surface area contributed by atoms with E-state index in [1.54, 1.807) is 0 Å². The third-order valence-electron chi connectivity index (χ3n) is 4.25. The van der Waals surface area contributed by atoms with E-state index in [0.717, 1.165) is 12.3 Å². The molecule has 0 amide bonds. The van der Waals surface area contributed by atoms with E-state index in [2.05, 4.69) is 51.2 Å². The molecule has 1 fully saturated rings. The molecule has 1 unspecified atom stereocenters. The highest BCUT2D eigenvalue weighted by Crippen LogP contribution is 2.24. The molecule has 1 aromatic carbocycles. The highest BCUT2D eigenvalue weighted by Gasteiger charge is 2.15. The SMILES string of the molecule is Cc1cc(OC(C)CNC2CCCC2)ccc1C(C)C. The first-order chi connectivity index (χ1) is 9.56. The second-order valence-electron chi connectivity index (χ2n) is 6.49. The van der Waals surface area contributed by atoms with Gasteiger partial charge in [-0.1, -0.05) is 32.8 Å². The molecule has 2 rings (SSSR count). The second-order valence-corrected chi connectivity index (χ2v) is 6.49. The van der Waals surface area contributed by atoms with Gasteiger partial charge in [-0.3, -0.25) is 0 Å². The van der Waals surface area contributed by atoms with Crippen LogP contribution in [0.5, 0.6) is 5.75 Å². The number of aryl methyl sites for hydroxylation is 1. The van der Waals surface area contributed by atoms with Crippen LogP contribution in [0.25, 0.3) is 0 Å². The van der Waals surface area contributed by atoms with Crippen LogP contribution in [0.15, 0.2) is 18.2 Å². The van der Waals surface area contributed by atoms with Crippen LogP contribution in [-0.4, -0.2) is 18.7 Å². The predicted molar refractivity (Wildman–Crippen MR) is 85.6 cm³/mol. The summed E-state index contributed by atoms with van der Waals surface area (Å²) in [6.45, 7) is 9.72. The molecule has 1 saturated carbocycles. The van der Waals surface area contributed by atoms with E-state index in [1.807, 2.05) is 0 Å². The zero-order valence-corrected chi connectivity index (χ0v) is 13.4. The normalized spacial score (nSPS) is 17.6. The van der Waals surface area contributed by atoms with Gasteiger partial charge >= 0.3 is 0 Å². The molecule has 1 atom stereocenters. The van der Waals surface area contributed by atoms with Gasteiger partial charge in [0.15, 0.2) is 0 Å². The Morgan fingerprint density at radius 3 is 2.50 bits per heavy atom. The summed E-state index contributed by atoms with van der Waals surface area (Å²) in [5.74, 6) is 1.57. The maximum atomic E-state index is 6.03. The lowest BCUT2D eigenvalue weighted by Gasteiger charge is -2.19. The average molecular weight is 275 g/mol. The molecule has 20 heavy (non-hydrogen) atoms. The number of rotatable bonds is 6. The number of hydrogen-bond acceptors (Lipinski definition) is 2. The van der Waals surface area contributed by atoms with E-state index >= 15 is 0 Å². The van der Waals surface area contributed by atoms with E-state index in [-0.39, 0.29) is 6.10 Å². The minimum Gasteiger partial charge on any atom is -0.489 e. The first-order valence-electron chi connectivity index (χ1n) is 8.07. The fourth-order valence-corrected chi connectivity index (χ4v) is 3.11. The van der Waals surface area contributed by atoms with Gasteiger partial charge in [0.25, 0.3) is 0 Å². The van der Waals surface area contributed by atoms with Crippen LogP contribution in [-0.2, 0) is 0 Å². The van der Waals surface area contributed by atoms with E-state index in [0.29, 0.717) is 12.0 Å². The fraction of sp³-hybridized carbons (Fsp3) is 0.667. The van der Waals surface area contributed by atoms with Crippen LogP contribution in [0, 0.1) is 6.92 Å². The molecule has 0 radical (unpaired) electrons. The summed E-state index contributed by atoms with van der Waals surface area (Å²) < 4.78 is 6.03. The molecular weight excluding hydrogens is 246 g/mol. The molecule has 1 aromatic rings. The van der Waals surface area contributed by atoms with Gasteiger partial charge in [0.05, 0.1) is 0 Å². The fourth-order valence-electron chi connectivity index (χ4n) is 3.11. The highest BCUT2D eigenvalue weighted by molar-refractivity contribution is 5.36. The van der Waals surface area contributed by atoms with E-state index < -0.39 is 0 Å². The molecule has 0 spiro atoms. The Morgan fingerprint density at radius 2 is 1.90 bits per heavy atom. The van der Waals surface area contributed by atoms with Crippen molar-refractivity contribution in [2.45, 2.75) is 71.4 Å². The summed E-state index contributed by atoms with van der Waals surface area (Å²) in [4.78, 5) is 0. The lowest BCUT2D eigenvalue weighted by Crippen LogP contribution is -2.35. The van der Waals surface area contributed by atoms with Crippen LogP contribution in [0.1, 0.15) is 63.5 Å². The predicted octanol–water partition coefficient (Wildman–Crippen LogP) is 4.42. The Hall–Kier alpha value is -1.02. The summed E-state index contributed by atoms with van der Waals surface area (Å²) in [5, 5.41) is 3.62. The van der Waals surface area contributed by atoms with Gasteiger partial charge in [-0.05, 0) is 55.9 Å². The van der Waals surface area contributed by atoms with Gasteiger partial charge < -0.3 is 10.1 Å². The minimum absolute atomic E-state index is 0.222. The molecule has 2 nitrogen and oxygen atoms in total. The largest absolute Gasteiger partial charge is 0.489 e. The molecule has 0 aliphatic heterocycles. The molecule has 2 heteroatoms. The van der Waals surface area contributed by atoms with Gasteiger partial charge in [-0.2, -0.15) is 0 Å². The van der Waals surface area contributed by atoms with E-state index in [1.165, 1.54) is 36.8 Å². The van der Waals surface area contributed by atoms with Crippen LogP contribution in [0.4, 0.5) is 0 Å². The maximum Gasteiger partial charge on any atom is 0.120 e. The zero-order chi connectivity index (χ0) is 14.5. The monoisotopic (exact) mass is 275 g/mol. The van der Waals surface area contributed by atoms with Crippen molar-refractivity contribution >= 4 is 0 Å². The van der Waals surface area contributed by atoms with Crippen molar-refractivity contribution in [2.24, 2.45) is 0 Å². The van der Waals surface area contributed by atoms with Crippen LogP contribution in [0.2, 0.25) is 0 Å². The van der Waals surface area contributed by atoms with Crippen molar-refractivity contribution in [3.63, 3.8) is 0 Å². The smallest absolute Gasteiger partial charge is 0.120 e. The summed E-state index contributed by atoms with van der Waals surface area (Å²) in [6, 6.07) is 7.19. The first kappa shape index (κ1) is 15.4. The Bertz CT molecular complexity index is 421. The van der Waals surface area contributed by atoms with E-state index in [9.17, 15) is 0 Å². The average Bonchev–Trinajstić information content (AvgIpc) is 2.89. The van der Waals surface area contributed by atoms with Crippen molar-refractivity contribution in [3.05, 3.63) is 29.3 Å². The number of nitrogens with one attached hydrogen (secondary N) is 1. The quantitative estimate of drug-likeness (QED) is 0.830. The number of benzene rings is 1. The van der Waals surface area contributed by atoms with Gasteiger partial charge in [0.2, 0.25) is 0 Å². The summed E-state index contributed by atoms with van der Waals surface area (Å²) in [7, 11) is 0. The Morgan fingerprint density at radius 1 is 1.20 bits per heavy atom. The van der Waals surface area contributed by atoms with Gasteiger partial charge in [0, 0.05) is 12.6 Å². The van der Waals surface area contributed by atoms with Crippen molar-refractivity contribution in [1.29, 1.82) is 0 Å². The third kappa shape index (κ3) is 4.24. The lowest BCUT2D eigenvalue weighted by atomic mass is 9.98. The standard InChI is InChI=1S/C18H29NO/c1-13(2)18-10-9-17(11-14(18)3)20-15(4)12-19-16-7-5-6-8-16/h9-11,13,15-16,19H,5-8,12H2,1-4H3. The van der Waals surface area contributed by atoms with Crippen LogP contribution >= 0.6 is 0 Å². The van der Waals surface area contributed by atoms with Crippen molar-refractivity contribution in [3.8, 4) is 5.75 Å². The molecular formula is C18H29NO. The molecule has 0 bridgehead atoms. The van der Waals surface area contributed by atoms with Crippen molar-refractivity contribution in [1.82, 2.24) is 5.32 Å². The first-order valence-corrected chi connectivity index (χ1v) is 8.07. The molecule has 112 valence electrons. The summed E-state index contributed by atoms with van der Waals surface area (Å²) in [5.41, 5.74) is 2.74. The lowest BCUT2D eigenvalue weighted by molar-refractivity contribution is 0.211. The summed E-state index contributed by atoms with van der Waals surface area (Å²) >= 11 is 0. The van der Waals surface area contributed by atoms with Crippen molar-refractivity contribution in [2.75, 3.05) is 6.54 Å². The topological polar surface area (TPSA) is 21.3 Å². The van der Waals surface area contributed by atoms with Gasteiger partial charge in [0.1, 0.15) is 11.9 Å². The molecule has 1 aliphatic carbocycles. The summed E-state index contributed by atoms with van der Waals surface area (Å²) in [6.07, 6.45) is 5.63. The van der Waals surface area contributed by atoms with Crippen molar-refractivity contribution < 1.29 is 4.74 Å². The minimum atomic E-state index is 0.222. The Kier molecular flexibility index (Phi) is 5.47. The molecule has 1 N–H and O–H groups in total. The van der Waals surface area contributed by atoms with Gasteiger partial charge in [-0.15, -0.1) is 0 Å².